The number of methoxy groups -OCH3 is 2. The Bertz CT molecular complexity index is 1480. The molecule has 0 aliphatic heterocycles. The molecule has 0 atom stereocenters. The molecule has 1 heterocycles. The molecule has 4 aromatic rings. The van der Waals surface area contributed by atoms with Crippen molar-refractivity contribution in [1.82, 2.24) is 4.98 Å². The zero-order chi connectivity index (χ0) is 26.7. The molecule has 37 heavy (non-hydrogen) atoms. The van der Waals surface area contributed by atoms with Gasteiger partial charge in [-0.15, -0.1) is 0 Å². The lowest BCUT2D eigenvalue weighted by atomic mass is 10.2. The number of rotatable bonds is 6. The van der Waals surface area contributed by atoms with Crippen LogP contribution >= 0.6 is 0 Å². The standard InChI is InChI=1S/C25H18F5N3O4/c1-35-22-11-15-19(12-23(22)36-2)31-8-7-21(15)37-14-4-6-18(17(27)10-14)32-24(34)33-20-9-13(25(28,29)30)3-5-16(20)26/h3-12H,1-2H3,(H2,32,33,34). The number of hydrogen-bond donors (Lipinski definition) is 2. The Balaban J connectivity index is 1.51. The Morgan fingerprint density at radius 2 is 1.51 bits per heavy atom. The number of carbonyl (C=O) groups is 1. The third kappa shape index (κ3) is 5.63. The van der Waals surface area contributed by atoms with Gasteiger partial charge >= 0.3 is 12.2 Å². The van der Waals surface area contributed by atoms with Gasteiger partial charge in [-0.2, -0.15) is 13.2 Å². The van der Waals surface area contributed by atoms with Crippen molar-refractivity contribution in [3.8, 4) is 23.0 Å². The summed E-state index contributed by atoms with van der Waals surface area (Å²) in [7, 11) is 2.96. The summed E-state index contributed by atoms with van der Waals surface area (Å²) in [5.74, 6) is -0.689. The van der Waals surface area contributed by atoms with Gasteiger partial charge in [-0.25, -0.2) is 13.6 Å². The van der Waals surface area contributed by atoms with Crippen LogP contribution in [0, 0.1) is 11.6 Å². The maximum absolute atomic E-state index is 14.7. The zero-order valence-corrected chi connectivity index (χ0v) is 19.2. The molecule has 0 unspecified atom stereocenters. The van der Waals surface area contributed by atoms with Crippen molar-refractivity contribution in [2.24, 2.45) is 0 Å². The van der Waals surface area contributed by atoms with E-state index in [-0.39, 0.29) is 11.4 Å². The van der Waals surface area contributed by atoms with Gasteiger partial charge in [-0.05, 0) is 42.5 Å². The molecule has 0 aliphatic rings. The van der Waals surface area contributed by atoms with E-state index < -0.39 is 35.1 Å². The minimum Gasteiger partial charge on any atom is -0.493 e. The smallest absolute Gasteiger partial charge is 0.416 e. The van der Waals surface area contributed by atoms with Crippen molar-refractivity contribution < 1.29 is 41.0 Å². The molecule has 2 N–H and O–H groups in total. The van der Waals surface area contributed by atoms with Crippen molar-refractivity contribution in [3.63, 3.8) is 0 Å². The third-order valence-corrected chi connectivity index (χ3v) is 5.17. The molecule has 0 fully saturated rings. The van der Waals surface area contributed by atoms with Gasteiger partial charge in [0.25, 0.3) is 0 Å². The van der Waals surface area contributed by atoms with Crippen LogP contribution < -0.4 is 24.8 Å². The molecule has 0 aliphatic carbocycles. The molecule has 2 amide bonds. The van der Waals surface area contributed by atoms with Gasteiger partial charge in [0.05, 0.1) is 36.7 Å². The average Bonchev–Trinajstić information content (AvgIpc) is 2.85. The summed E-state index contributed by atoms with van der Waals surface area (Å²) in [5, 5.41) is 4.63. The number of halogens is 5. The number of nitrogens with one attached hydrogen (secondary N) is 2. The first kappa shape index (κ1) is 25.5. The lowest BCUT2D eigenvalue weighted by Gasteiger charge is -2.14. The highest BCUT2D eigenvalue weighted by Gasteiger charge is 2.31. The normalized spacial score (nSPS) is 11.2. The van der Waals surface area contributed by atoms with Crippen LogP contribution in [0.3, 0.4) is 0 Å². The van der Waals surface area contributed by atoms with Crippen LogP contribution in [-0.2, 0) is 6.18 Å². The predicted octanol–water partition coefficient (Wildman–Crippen LogP) is 6.99. The number of benzene rings is 3. The molecule has 7 nitrogen and oxygen atoms in total. The maximum atomic E-state index is 14.7. The van der Waals surface area contributed by atoms with Crippen LogP contribution in [0.2, 0.25) is 0 Å². The van der Waals surface area contributed by atoms with Gasteiger partial charge in [0.15, 0.2) is 11.5 Å². The number of ether oxygens (including phenoxy) is 3. The summed E-state index contributed by atoms with van der Waals surface area (Å²) < 4.78 is 83.5. The third-order valence-electron chi connectivity index (χ3n) is 5.17. The first-order valence-corrected chi connectivity index (χ1v) is 10.5. The molecular weight excluding hydrogens is 501 g/mol. The fourth-order valence-corrected chi connectivity index (χ4v) is 3.40. The van der Waals surface area contributed by atoms with Gasteiger partial charge < -0.3 is 24.8 Å². The Morgan fingerprint density at radius 3 is 2.19 bits per heavy atom. The van der Waals surface area contributed by atoms with E-state index in [4.69, 9.17) is 14.2 Å². The minimum atomic E-state index is -4.74. The largest absolute Gasteiger partial charge is 0.493 e. The number of amides is 2. The van der Waals surface area contributed by atoms with Crippen LogP contribution in [0.4, 0.5) is 38.1 Å². The number of aromatic nitrogens is 1. The quantitative estimate of drug-likeness (QED) is 0.269. The summed E-state index contributed by atoms with van der Waals surface area (Å²) in [5.41, 5.74) is -1.66. The molecule has 3 aromatic carbocycles. The topological polar surface area (TPSA) is 81.7 Å². The number of carbonyl (C=O) groups excluding carboxylic acids is 1. The fraction of sp³-hybridized carbons (Fsp3) is 0.120. The van der Waals surface area contributed by atoms with Gasteiger partial charge in [0.1, 0.15) is 23.1 Å². The number of alkyl halides is 3. The monoisotopic (exact) mass is 519 g/mol. The van der Waals surface area contributed by atoms with E-state index in [1.54, 1.807) is 18.2 Å². The number of urea groups is 1. The van der Waals surface area contributed by atoms with Crippen LogP contribution in [0.5, 0.6) is 23.0 Å². The summed E-state index contributed by atoms with van der Waals surface area (Å²) in [6.45, 7) is 0. The maximum Gasteiger partial charge on any atom is 0.416 e. The highest BCUT2D eigenvalue weighted by molar-refractivity contribution is 6.00. The van der Waals surface area contributed by atoms with Crippen LogP contribution in [0.15, 0.2) is 60.8 Å². The summed E-state index contributed by atoms with van der Waals surface area (Å²) in [4.78, 5) is 16.4. The second-order valence-corrected chi connectivity index (χ2v) is 7.55. The van der Waals surface area contributed by atoms with Crippen molar-refractivity contribution in [2.45, 2.75) is 6.18 Å². The SMILES string of the molecule is COc1cc2nccc(Oc3ccc(NC(=O)Nc4cc(C(F)(F)F)ccc4F)c(F)c3)c2cc1OC. The Kier molecular flexibility index (Phi) is 7.00. The molecular formula is C25H18F5N3O4. The molecule has 0 bridgehead atoms. The first-order chi connectivity index (χ1) is 17.6. The highest BCUT2D eigenvalue weighted by atomic mass is 19.4. The molecule has 192 valence electrons. The second-order valence-electron chi connectivity index (χ2n) is 7.55. The van der Waals surface area contributed by atoms with Crippen LogP contribution in [-0.4, -0.2) is 25.2 Å². The van der Waals surface area contributed by atoms with Crippen LogP contribution in [0.25, 0.3) is 10.9 Å². The second kappa shape index (κ2) is 10.2. The summed E-state index contributed by atoms with van der Waals surface area (Å²) in [6.07, 6.45) is -3.24. The van der Waals surface area contributed by atoms with Gasteiger partial charge in [-0.1, -0.05) is 0 Å². The predicted molar refractivity (Wildman–Crippen MR) is 125 cm³/mol. The van der Waals surface area contributed by atoms with E-state index in [1.807, 2.05) is 5.32 Å². The van der Waals surface area contributed by atoms with E-state index >= 15 is 0 Å². The van der Waals surface area contributed by atoms with E-state index in [1.165, 1.54) is 32.5 Å². The van der Waals surface area contributed by atoms with E-state index in [2.05, 4.69) is 10.3 Å². The summed E-state index contributed by atoms with van der Waals surface area (Å²) in [6, 6.07) is 8.80. The van der Waals surface area contributed by atoms with Crippen LogP contribution in [0.1, 0.15) is 5.56 Å². The lowest BCUT2D eigenvalue weighted by molar-refractivity contribution is -0.137. The molecule has 0 saturated carbocycles. The van der Waals surface area contributed by atoms with E-state index in [9.17, 15) is 26.7 Å². The molecule has 4 rings (SSSR count). The van der Waals surface area contributed by atoms with Crippen molar-refractivity contribution in [2.75, 3.05) is 24.9 Å². The average molecular weight is 519 g/mol. The number of fused-ring (bicyclic) bond motifs is 1. The number of anilines is 2. The molecule has 0 spiro atoms. The molecule has 12 heteroatoms. The van der Waals surface area contributed by atoms with Crippen molar-refractivity contribution >= 4 is 28.3 Å². The number of nitrogens with zero attached hydrogens (tertiary/aromatic N) is 1. The Hall–Kier alpha value is -4.61. The Labute approximate surface area is 206 Å². The van der Waals surface area contributed by atoms with E-state index in [0.29, 0.717) is 46.4 Å². The van der Waals surface area contributed by atoms with Crippen molar-refractivity contribution in [1.29, 1.82) is 0 Å². The van der Waals surface area contributed by atoms with E-state index in [0.717, 1.165) is 6.07 Å². The lowest BCUT2D eigenvalue weighted by Crippen LogP contribution is -2.21. The summed E-state index contributed by atoms with van der Waals surface area (Å²) >= 11 is 0. The van der Waals surface area contributed by atoms with Gasteiger partial charge in [0.2, 0.25) is 0 Å². The number of hydrogen-bond acceptors (Lipinski definition) is 5. The highest BCUT2D eigenvalue weighted by Crippen LogP contribution is 2.37. The molecule has 0 saturated heterocycles. The number of pyridine rings is 1. The van der Waals surface area contributed by atoms with Crippen molar-refractivity contribution in [3.05, 3.63) is 78.0 Å². The molecule has 0 radical (unpaired) electrons. The molecule has 1 aromatic heterocycles. The zero-order valence-electron chi connectivity index (χ0n) is 19.2. The van der Waals surface area contributed by atoms with Gasteiger partial charge in [0, 0.05) is 23.7 Å². The van der Waals surface area contributed by atoms with Gasteiger partial charge in [-0.3, -0.25) is 4.98 Å². The first-order valence-electron chi connectivity index (χ1n) is 10.5. The fourth-order valence-electron chi connectivity index (χ4n) is 3.40. The Morgan fingerprint density at radius 1 is 0.811 bits per heavy atom. The minimum absolute atomic E-state index is 0.0784.